The Hall–Kier alpha value is -1.27. The number of nitrogens with one attached hydrogen (secondary N) is 3. The lowest BCUT2D eigenvalue weighted by molar-refractivity contribution is 0.338. The van der Waals surface area contributed by atoms with Crippen molar-refractivity contribution in [3.8, 4) is 0 Å². The van der Waals surface area contributed by atoms with Crippen LogP contribution in [0.25, 0.3) is 0 Å². The first-order valence-electron chi connectivity index (χ1n) is 5.63. The number of hydrogen-bond donors (Lipinski definition) is 4. The molecular formula is C10H20N6. The third-order valence-electron chi connectivity index (χ3n) is 2.95. The highest BCUT2D eigenvalue weighted by Crippen LogP contribution is 2.13. The van der Waals surface area contributed by atoms with Crippen molar-refractivity contribution in [1.82, 2.24) is 20.9 Å². The minimum Gasteiger partial charge on any atom is -0.385 e. The SMILES string of the molecule is CNC1(C)C=C(N)NC(N2CCNCC2)=N1. The molecule has 2 heterocycles. The number of nitrogens with zero attached hydrogens (tertiary/aromatic N) is 2. The number of likely N-dealkylation sites (N-methyl/N-ethyl adjacent to an activating group) is 1. The zero-order valence-corrected chi connectivity index (χ0v) is 9.88. The first kappa shape index (κ1) is 11.2. The highest BCUT2D eigenvalue weighted by molar-refractivity contribution is 5.83. The van der Waals surface area contributed by atoms with E-state index in [0.717, 1.165) is 32.1 Å². The highest BCUT2D eigenvalue weighted by atomic mass is 15.4. The summed E-state index contributed by atoms with van der Waals surface area (Å²) in [6.07, 6.45) is 1.89. The van der Waals surface area contributed by atoms with Crippen LogP contribution >= 0.6 is 0 Å². The molecule has 0 aromatic carbocycles. The van der Waals surface area contributed by atoms with Crippen molar-refractivity contribution in [2.75, 3.05) is 33.2 Å². The van der Waals surface area contributed by atoms with Gasteiger partial charge in [-0.3, -0.25) is 5.32 Å². The molecule has 2 aliphatic heterocycles. The monoisotopic (exact) mass is 224 g/mol. The van der Waals surface area contributed by atoms with Gasteiger partial charge in [-0.25, -0.2) is 4.99 Å². The molecule has 1 unspecified atom stereocenters. The van der Waals surface area contributed by atoms with Gasteiger partial charge in [0.1, 0.15) is 11.5 Å². The van der Waals surface area contributed by atoms with E-state index in [2.05, 4.69) is 25.8 Å². The van der Waals surface area contributed by atoms with Crippen molar-refractivity contribution in [3.05, 3.63) is 11.9 Å². The fraction of sp³-hybridized carbons (Fsp3) is 0.700. The first-order chi connectivity index (χ1) is 7.63. The molecule has 1 fully saturated rings. The maximum Gasteiger partial charge on any atom is 0.201 e. The van der Waals surface area contributed by atoms with Crippen LogP contribution in [0.3, 0.4) is 0 Å². The molecule has 90 valence electrons. The van der Waals surface area contributed by atoms with Crippen LogP contribution in [0.5, 0.6) is 0 Å². The second-order valence-corrected chi connectivity index (χ2v) is 4.29. The fourth-order valence-electron chi connectivity index (χ4n) is 1.90. The van der Waals surface area contributed by atoms with Gasteiger partial charge in [-0.1, -0.05) is 0 Å². The molecule has 2 aliphatic rings. The summed E-state index contributed by atoms with van der Waals surface area (Å²) in [4.78, 5) is 6.86. The molecule has 16 heavy (non-hydrogen) atoms. The third kappa shape index (κ3) is 2.28. The van der Waals surface area contributed by atoms with Crippen molar-refractivity contribution in [2.45, 2.75) is 12.6 Å². The Labute approximate surface area is 96.0 Å². The van der Waals surface area contributed by atoms with Gasteiger partial charge in [-0.2, -0.15) is 0 Å². The Morgan fingerprint density at radius 3 is 2.81 bits per heavy atom. The second kappa shape index (κ2) is 4.31. The molecule has 5 N–H and O–H groups in total. The van der Waals surface area contributed by atoms with Crippen molar-refractivity contribution in [3.63, 3.8) is 0 Å². The lowest BCUT2D eigenvalue weighted by Crippen LogP contribution is -2.55. The van der Waals surface area contributed by atoms with Crippen LogP contribution in [0.1, 0.15) is 6.92 Å². The molecule has 6 heteroatoms. The molecule has 0 aliphatic carbocycles. The van der Waals surface area contributed by atoms with Crippen LogP contribution < -0.4 is 21.7 Å². The molecule has 1 atom stereocenters. The predicted molar refractivity (Wildman–Crippen MR) is 64.7 cm³/mol. The van der Waals surface area contributed by atoms with Crippen LogP contribution in [0.2, 0.25) is 0 Å². The van der Waals surface area contributed by atoms with Gasteiger partial charge in [-0.05, 0) is 20.0 Å². The van der Waals surface area contributed by atoms with Gasteiger partial charge >= 0.3 is 0 Å². The van der Waals surface area contributed by atoms with Crippen molar-refractivity contribution < 1.29 is 0 Å². The minimum atomic E-state index is -0.407. The van der Waals surface area contributed by atoms with Gasteiger partial charge in [0, 0.05) is 26.2 Å². The van der Waals surface area contributed by atoms with Gasteiger partial charge in [0.05, 0.1) is 0 Å². The maximum absolute atomic E-state index is 5.87. The molecule has 0 bridgehead atoms. The topological polar surface area (TPSA) is 77.7 Å². The van der Waals surface area contributed by atoms with Crippen molar-refractivity contribution >= 4 is 5.96 Å². The van der Waals surface area contributed by atoms with Crippen LogP contribution in [0.15, 0.2) is 16.9 Å². The van der Waals surface area contributed by atoms with Crippen LogP contribution in [-0.4, -0.2) is 49.7 Å². The van der Waals surface area contributed by atoms with E-state index in [0.29, 0.717) is 5.82 Å². The molecular weight excluding hydrogens is 204 g/mol. The largest absolute Gasteiger partial charge is 0.385 e. The summed E-state index contributed by atoms with van der Waals surface area (Å²) in [6.45, 7) is 5.89. The molecule has 0 spiro atoms. The van der Waals surface area contributed by atoms with E-state index >= 15 is 0 Å². The van der Waals surface area contributed by atoms with Gasteiger partial charge in [0.15, 0.2) is 0 Å². The zero-order chi connectivity index (χ0) is 11.6. The molecule has 0 saturated carbocycles. The Bertz CT molecular complexity index is 317. The van der Waals surface area contributed by atoms with Crippen molar-refractivity contribution in [1.29, 1.82) is 0 Å². The summed E-state index contributed by atoms with van der Waals surface area (Å²) in [5.74, 6) is 1.51. The Morgan fingerprint density at radius 2 is 2.19 bits per heavy atom. The van der Waals surface area contributed by atoms with Crippen LogP contribution in [0.4, 0.5) is 0 Å². The maximum atomic E-state index is 5.87. The molecule has 0 aromatic rings. The molecule has 2 rings (SSSR count). The van der Waals surface area contributed by atoms with E-state index in [1.807, 2.05) is 20.0 Å². The van der Waals surface area contributed by atoms with E-state index in [-0.39, 0.29) is 0 Å². The van der Waals surface area contributed by atoms with Gasteiger partial charge in [-0.15, -0.1) is 0 Å². The van der Waals surface area contributed by atoms with Gasteiger partial charge in [0.2, 0.25) is 5.96 Å². The first-order valence-corrected chi connectivity index (χ1v) is 5.63. The quantitative estimate of drug-likeness (QED) is 0.440. The van der Waals surface area contributed by atoms with Gasteiger partial charge < -0.3 is 21.3 Å². The molecule has 1 saturated heterocycles. The number of nitrogens with two attached hydrogens (primary N) is 1. The van der Waals surface area contributed by atoms with E-state index in [1.165, 1.54) is 0 Å². The third-order valence-corrected chi connectivity index (χ3v) is 2.95. The lowest BCUT2D eigenvalue weighted by atomic mass is 10.2. The summed E-state index contributed by atoms with van der Waals surface area (Å²) < 4.78 is 0. The van der Waals surface area contributed by atoms with E-state index < -0.39 is 5.66 Å². The predicted octanol–water partition coefficient (Wildman–Crippen LogP) is -1.41. The van der Waals surface area contributed by atoms with Crippen LogP contribution in [0, 0.1) is 0 Å². The summed E-state index contributed by atoms with van der Waals surface area (Å²) in [5.41, 5.74) is 5.46. The molecule has 0 radical (unpaired) electrons. The van der Waals surface area contributed by atoms with Crippen molar-refractivity contribution in [2.24, 2.45) is 10.7 Å². The Kier molecular flexibility index (Phi) is 3.02. The number of guanidine groups is 1. The number of aliphatic imine (C=N–C) groups is 1. The minimum absolute atomic E-state index is 0.407. The van der Waals surface area contributed by atoms with Gasteiger partial charge in [0.25, 0.3) is 0 Å². The normalized spacial score (nSPS) is 30.5. The number of hydrogen-bond acceptors (Lipinski definition) is 6. The highest BCUT2D eigenvalue weighted by Gasteiger charge is 2.26. The smallest absolute Gasteiger partial charge is 0.201 e. The average molecular weight is 224 g/mol. The molecule has 0 amide bonds. The summed E-state index contributed by atoms with van der Waals surface area (Å²) in [5, 5.41) is 9.59. The summed E-state index contributed by atoms with van der Waals surface area (Å²) in [6, 6.07) is 0. The standard InChI is InChI=1S/C10H20N6/c1-10(12-2)7-8(11)14-9(15-10)16-5-3-13-4-6-16/h7,12-13H,3-6,11H2,1-2H3,(H,14,15). The zero-order valence-electron chi connectivity index (χ0n) is 9.88. The average Bonchev–Trinajstić information content (AvgIpc) is 2.29. The van der Waals surface area contributed by atoms with E-state index in [4.69, 9.17) is 5.73 Å². The number of piperazine rings is 1. The number of rotatable bonds is 1. The van der Waals surface area contributed by atoms with E-state index in [1.54, 1.807) is 0 Å². The molecule has 6 nitrogen and oxygen atoms in total. The Morgan fingerprint density at radius 1 is 1.50 bits per heavy atom. The fourth-order valence-corrected chi connectivity index (χ4v) is 1.90. The molecule has 0 aromatic heterocycles. The summed E-state index contributed by atoms with van der Waals surface area (Å²) in [7, 11) is 1.88. The lowest BCUT2D eigenvalue weighted by Gasteiger charge is -2.35. The van der Waals surface area contributed by atoms with Crippen LogP contribution in [-0.2, 0) is 0 Å². The van der Waals surface area contributed by atoms with E-state index in [9.17, 15) is 0 Å². The summed E-state index contributed by atoms with van der Waals surface area (Å²) >= 11 is 0. The second-order valence-electron chi connectivity index (χ2n) is 4.29. The Balaban J connectivity index is 2.15.